The molecule has 1 aromatic rings. The minimum absolute atomic E-state index is 0. The molecule has 0 atom stereocenters. The van der Waals surface area contributed by atoms with E-state index in [-0.39, 0.29) is 24.0 Å². The first kappa shape index (κ1) is 12.9. The Labute approximate surface area is 101 Å². The van der Waals surface area contributed by atoms with Crippen molar-refractivity contribution >= 4 is 11.3 Å². The van der Waals surface area contributed by atoms with Crippen molar-refractivity contribution in [1.82, 2.24) is 4.98 Å². The van der Waals surface area contributed by atoms with Crippen LogP contribution in [0.15, 0.2) is 11.6 Å². The Balaban J connectivity index is 0.00000144. The van der Waals surface area contributed by atoms with Gasteiger partial charge in [-0.25, -0.2) is 4.98 Å². The maximum absolute atomic E-state index is 4.07. The Morgan fingerprint density at radius 2 is 2.15 bits per heavy atom. The van der Waals surface area contributed by atoms with Crippen LogP contribution in [0, 0.1) is 11.8 Å². The fourth-order valence-electron chi connectivity index (χ4n) is 0.637. The van der Waals surface area contributed by atoms with Crippen LogP contribution in [-0.4, -0.2) is 37.2 Å². The van der Waals surface area contributed by atoms with Crippen molar-refractivity contribution in [2.24, 2.45) is 0 Å². The molecule has 2 nitrogen and oxygen atoms in total. The second-order valence-electron chi connectivity index (χ2n) is 3.59. The molecule has 0 N–H and O–H groups in total. The Bertz CT molecular complexity index is 290. The highest BCUT2D eigenvalue weighted by Gasteiger charge is 2.01. The van der Waals surface area contributed by atoms with Gasteiger partial charge in [-0.05, 0) is 11.8 Å². The van der Waals surface area contributed by atoms with E-state index in [0.717, 1.165) is 16.0 Å². The molecule has 1 aromatic heterocycles. The number of hydrogen-bond donors (Lipinski definition) is 0. The van der Waals surface area contributed by atoms with Crippen molar-refractivity contribution in [3.8, 4) is 11.8 Å². The minimum atomic E-state index is 0. The van der Waals surface area contributed by atoms with Crippen LogP contribution in [0.1, 0.15) is 5.01 Å². The first-order chi connectivity index (χ1) is 5.58. The lowest BCUT2D eigenvalue weighted by Gasteiger charge is -2.19. The molecule has 0 aliphatic rings. The van der Waals surface area contributed by atoms with Crippen molar-refractivity contribution in [3.63, 3.8) is 0 Å². The van der Waals surface area contributed by atoms with Crippen LogP contribution in [0.4, 0.5) is 0 Å². The monoisotopic (exact) mass is 308 g/mol. The van der Waals surface area contributed by atoms with E-state index >= 15 is 0 Å². The number of nitrogens with zero attached hydrogens (tertiary/aromatic N) is 2. The van der Waals surface area contributed by atoms with Crippen LogP contribution in [-0.2, 0) is 0 Å². The maximum atomic E-state index is 4.07. The average Bonchev–Trinajstić information content (AvgIpc) is 2.36. The molecule has 0 aromatic carbocycles. The number of hydrogen-bond acceptors (Lipinski definition) is 2. The summed E-state index contributed by atoms with van der Waals surface area (Å²) in [6.45, 7) is 0.861. The summed E-state index contributed by atoms with van der Waals surface area (Å²) in [6.07, 6.45) is 1.78. The number of aromatic nitrogens is 1. The van der Waals surface area contributed by atoms with E-state index in [0.29, 0.717) is 0 Å². The highest BCUT2D eigenvalue weighted by Crippen LogP contribution is 2.00. The van der Waals surface area contributed by atoms with Crippen LogP contribution in [0.25, 0.3) is 0 Å². The molecule has 0 unspecified atom stereocenters. The lowest BCUT2D eigenvalue weighted by molar-refractivity contribution is -0.862. The zero-order valence-electron chi connectivity index (χ0n) is 8.04. The van der Waals surface area contributed by atoms with Gasteiger partial charge >= 0.3 is 0 Å². The second kappa shape index (κ2) is 5.58. The van der Waals surface area contributed by atoms with Crippen LogP contribution in [0.3, 0.4) is 0 Å². The summed E-state index contributed by atoms with van der Waals surface area (Å²) in [4.78, 5) is 4.07. The molecule has 4 heteroatoms. The molecule has 72 valence electrons. The largest absolute Gasteiger partial charge is 1.00 e. The zero-order valence-corrected chi connectivity index (χ0v) is 11.0. The van der Waals surface area contributed by atoms with Gasteiger partial charge in [-0.1, -0.05) is 0 Å². The summed E-state index contributed by atoms with van der Waals surface area (Å²) in [6, 6.07) is 0. The zero-order chi connectivity index (χ0) is 9.03. The van der Waals surface area contributed by atoms with Gasteiger partial charge in [0.2, 0.25) is 0 Å². The SMILES string of the molecule is C[N+](C)(C)CC#Cc1nccs1.[I-]. The predicted molar refractivity (Wildman–Crippen MR) is 51.9 cm³/mol. The third-order valence-electron chi connectivity index (χ3n) is 1.18. The van der Waals surface area contributed by atoms with Gasteiger partial charge in [0.05, 0.1) is 21.1 Å². The fourth-order valence-corrected chi connectivity index (χ4v) is 1.14. The van der Waals surface area contributed by atoms with Gasteiger partial charge in [0.1, 0.15) is 6.54 Å². The van der Waals surface area contributed by atoms with Crippen LogP contribution in [0.2, 0.25) is 0 Å². The Hall–Kier alpha value is -0.120. The molecule has 0 radical (unpaired) electrons. The third-order valence-corrected chi connectivity index (χ3v) is 1.87. The lowest BCUT2D eigenvalue weighted by Crippen LogP contribution is -3.00. The van der Waals surface area contributed by atoms with Gasteiger partial charge in [0.25, 0.3) is 0 Å². The molecule has 1 heterocycles. The highest BCUT2D eigenvalue weighted by atomic mass is 127. The molecule has 0 saturated carbocycles. The molecule has 0 amide bonds. The van der Waals surface area contributed by atoms with Gasteiger partial charge in [-0.3, -0.25) is 0 Å². The van der Waals surface area contributed by atoms with Gasteiger partial charge in [0.15, 0.2) is 5.01 Å². The van der Waals surface area contributed by atoms with E-state index < -0.39 is 0 Å². The van der Waals surface area contributed by atoms with Gasteiger partial charge in [-0.15, -0.1) is 11.3 Å². The molecule has 0 fully saturated rings. The fraction of sp³-hybridized carbons (Fsp3) is 0.444. The normalized spacial score (nSPS) is 9.77. The van der Waals surface area contributed by atoms with Crippen molar-refractivity contribution in [1.29, 1.82) is 0 Å². The van der Waals surface area contributed by atoms with Crippen LogP contribution < -0.4 is 24.0 Å². The summed E-state index contributed by atoms with van der Waals surface area (Å²) in [5.74, 6) is 6.12. The standard InChI is InChI=1S/C9H13N2S.HI/c1-11(2,3)7-4-5-9-10-6-8-12-9;/h6,8H,7H2,1-3H3;1H/q+1;/p-1. The summed E-state index contributed by atoms with van der Waals surface area (Å²) < 4.78 is 0.873. The quantitative estimate of drug-likeness (QED) is 0.339. The maximum Gasteiger partial charge on any atom is 0.167 e. The van der Waals surface area contributed by atoms with Gasteiger partial charge < -0.3 is 28.5 Å². The summed E-state index contributed by atoms with van der Waals surface area (Å²) in [5.41, 5.74) is 0. The molecular formula is C9H13IN2S. The number of rotatable bonds is 1. The molecule has 1 rings (SSSR count). The molecule has 0 bridgehead atoms. The predicted octanol–water partition coefficient (Wildman–Crippen LogP) is -1.80. The Kier molecular flexibility index (Phi) is 5.53. The first-order valence-electron chi connectivity index (χ1n) is 3.77. The molecule has 0 spiro atoms. The van der Waals surface area contributed by atoms with Crippen molar-refractivity contribution in [2.45, 2.75) is 0 Å². The molecule has 0 saturated heterocycles. The molecule has 0 aliphatic carbocycles. The van der Waals surface area contributed by atoms with E-state index in [4.69, 9.17) is 0 Å². The van der Waals surface area contributed by atoms with E-state index in [2.05, 4.69) is 38.0 Å². The number of quaternary nitrogens is 1. The Morgan fingerprint density at radius 1 is 1.46 bits per heavy atom. The summed E-state index contributed by atoms with van der Waals surface area (Å²) >= 11 is 1.58. The van der Waals surface area contributed by atoms with Crippen molar-refractivity contribution in [2.75, 3.05) is 27.7 Å². The summed E-state index contributed by atoms with van der Waals surface area (Å²) in [7, 11) is 6.36. The van der Waals surface area contributed by atoms with Crippen LogP contribution >= 0.6 is 11.3 Å². The lowest BCUT2D eigenvalue weighted by atomic mass is 10.5. The molecule has 13 heavy (non-hydrogen) atoms. The van der Waals surface area contributed by atoms with E-state index in [9.17, 15) is 0 Å². The van der Waals surface area contributed by atoms with Crippen molar-refractivity contribution < 1.29 is 28.5 Å². The van der Waals surface area contributed by atoms with Gasteiger partial charge in [-0.2, -0.15) is 0 Å². The number of thiazole rings is 1. The molecular weight excluding hydrogens is 295 g/mol. The van der Waals surface area contributed by atoms with Gasteiger partial charge in [0, 0.05) is 11.6 Å². The first-order valence-corrected chi connectivity index (χ1v) is 4.65. The smallest absolute Gasteiger partial charge is 0.167 e. The third kappa shape index (κ3) is 6.02. The van der Waals surface area contributed by atoms with Crippen molar-refractivity contribution in [3.05, 3.63) is 16.6 Å². The number of halogens is 1. The Morgan fingerprint density at radius 3 is 2.62 bits per heavy atom. The van der Waals surface area contributed by atoms with Crippen LogP contribution in [0.5, 0.6) is 0 Å². The molecule has 0 aliphatic heterocycles. The summed E-state index contributed by atoms with van der Waals surface area (Å²) in [5, 5.41) is 2.85. The second-order valence-corrected chi connectivity index (χ2v) is 4.48. The van der Waals surface area contributed by atoms with E-state index in [1.54, 1.807) is 17.5 Å². The minimum Gasteiger partial charge on any atom is -1.00 e. The topological polar surface area (TPSA) is 12.9 Å². The average molecular weight is 308 g/mol. The van der Waals surface area contributed by atoms with E-state index in [1.165, 1.54) is 0 Å². The highest BCUT2D eigenvalue weighted by molar-refractivity contribution is 7.10. The van der Waals surface area contributed by atoms with E-state index in [1.807, 2.05) is 5.38 Å².